The number of nitrogens with zero attached hydrogens (tertiary/aromatic N) is 2. The molecule has 0 aromatic carbocycles. The van der Waals surface area contributed by atoms with Crippen LogP contribution in [0.5, 0.6) is 0 Å². The van der Waals surface area contributed by atoms with Gasteiger partial charge >= 0.3 is 0 Å². The highest BCUT2D eigenvalue weighted by Gasteiger charge is 2.04. The molecule has 4 N–H and O–H groups in total. The molecule has 1 heterocycles. The van der Waals surface area contributed by atoms with E-state index in [1.165, 1.54) is 0 Å². The summed E-state index contributed by atoms with van der Waals surface area (Å²) >= 11 is 1.85. The molecule has 1 unspecified atom stereocenters. The van der Waals surface area contributed by atoms with E-state index in [4.69, 9.17) is 10.6 Å². The first-order chi connectivity index (χ1) is 8.69. The zero-order chi connectivity index (χ0) is 13.4. The highest BCUT2D eigenvalue weighted by Crippen LogP contribution is 2.13. The van der Waals surface area contributed by atoms with Crippen molar-refractivity contribution in [1.82, 2.24) is 9.97 Å². The van der Waals surface area contributed by atoms with Gasteiger partial charge in [-0.05, 0) is 12.7 Å². The van der Waals surface area contributed by atoms with Gasteiger partial charge in [-0.3, -0.25) is 0 Å². The molecule has 7 heteroatoms. The first kappa shape index (κ1) is 15.0. The highest BCUT2D eigenvalue weighted by molar-refractivity contribution is 7.99. The van der Waals surface area contributed by atoms with Crippen LogP contribution in [0.2, 0.25) is 0 Å². The topological polar surface area (TPSA) is 85.1 Å². The van der Waals surface area contributed by atoms with Crippen molar-refractivity contribution in [2.75, 3.05) is 30.7 Å². The Balaban J connectivity index is 2.60. The van der Waals surface area contributed by atoms with Gasteiger partial charge in [-0.1, -0.05) is 6.92 Å². The van der Waals surface area contributed by atoms with Gasteiger partial charge in [0.25, 0.3) is 0 Å². The quantitative estimate of drug-likeness (QED) is 0.487. The van der Waals surface area contributed by atoms with Crippen LogP contribution in [0, 0.1) is 0 Å². The van der Waals surface area contributed by atoms with E-state index in [0.717, 1.165) is 18.8 Å². The fourth-order valence-corrected chi connectivity index (χ4v) is 1.73. The smallest absolute Gasteiger partial charge is 0.158 e. The number of rotatable bonds is 8. The molecule has 0 aliphatic carbocycles. The molecule has 0 saturated heterocycles. The molecule has 0 aliphatic rings. The molecule has 0 saturated carbocycles. The number of aromatic nitrogens is 2. The molecule has 1 aromatic heterocycles. The number of methoxy groups -OCH3 is 1. The molecule has 0 fully saturated rings. The SMILES string of the molecule is COCc1nc(NN)cc(NCCC(C)SC)n1. The minimum absolute atomic E-state index is 0.366. The molecule has 102 valence electrons. The van der Waals surface area contributed by atoms with Crippen molar-refractivity contribution in [2.24, 2.45) is 5.84 Å². The van der Waals surface area contributed by atoms with E-state index in [0.29, 0.717) is 23.5 Å². The molecular weight excluding hydrogens is 250 g/mol. The van der Waals surface area contributed by atoms with Gasteiger partial charge in [0, 0.05) is 25.0 Å². The maximum atomic E-state index is 5.37. The molecule has 0 spiro atoms. The number of nitrogens with two attached hydrogens (primary N) is 1. The van der Waals surface area contributed by atoms with Crippen LogP contribution in [0.15, 0.2) is 6.07 Å². The van der Waals surface area contributed by atoms with E-state index in [1.807, 2.05) is 11.8 Å². The second-order valence-corrected chi connectivity index (χ2v) is 5.17. The Morgan fingerprint density at radius 2 is 2.17 bits per heavy atom. The summed E-state index contributed by atoms with van der Waals surface area (Å²) in [6.07, 6.45) is 3.19. The third-order valence-corrected chi connectivity index (χ3v) is 3.49. The summed E-state index contributed by atoms with van der Waals surface area (Å²) in [6.45, 7) is 3.44. The lowest BCUT2D eigenvalue weighted by Crippen LogP contribution is -2.14. The summed E-state index contributed by atoms with van der Waals surface area (Å²) in [7, 11) is 1.61. The van der Waals surface area contributed by atoms with Crippen molar-refractivity contribution in [3.63, 3.8) is 0 Å². The number of hydrogen-bond acceptors (Lipinski definition) is 7. The lowest BCUT2D eigenvalue weighted by molar-refractivity contribution is 0.178. The van der Waals surface area contributed by atoms with Gasteiger partial charge in [-0.15, -0.1) is 0 Å². The Kier molecular flexibility index (Phi) is 6.77. The minimum Gasteiger partial charge on any atom is -0.377 e. The van der Waals surface area contributed by atoms with Crippen molar-refractivity contribution >= 4 is 23.4 Å². The fourth-order valence-electron chi connectivity index (χ4n) is 1.38. The Morgan fingerprint density at radius 1 is 1.44 bits per heavy atom. The van der Waals surface area contributed by atoms with Crippen LogP contribution < -0.4 is 16.6 Å². The Labute approximate surface area is 112 Å². The largest absolute Gasteiger partial charge is 0.377 e. The molecule has 0 amide bonds. The van der Waals surface area contributed by atoms with Crippen LogP contribution in [0.4, 0.5) is 11.6 Å². The van der Waals surface area contributed by atoms with Gasteiger partial charge in [0.05, 0.1) is 0 Å². The molecule has 0 bridgehead atoms. The second kappa shape index (κ2) is 8.12. The van der Waals surface area contributed by atoms with Crippen LogP contribution in [0.25, 0.3) is 0 Å². The molecule has 0 aliphatic heterocycles. The number of ether oxygens (including phenoxy) is 1. The van der Waals surface area contributed by atoms with Crippen molar-refractivity contribution in [2.45, 2.75) is 25.2 Å². The van der Waals surface area contributed by atoms with E-state index in [9.17, 15) is 0 Å². The number of nitrogens with one attached hydrogen (secondary N) is 2. The summed E-state index contributed by atoms with van der Waals surface area (Å²) in [5.74, 6) is 7.32. The van der Waals surface area contributed by atoms with Crippen LogP contribution in [0.3, 0.4) is 0 Å². The molecule has 6 nitrogen and oxygen atoms in total. The second-order valence-electron chi connectivity index (χ2n) is 3.89. The predicted octanol–water partition coefficient (Wildman–Crippen LogP) is 1.46. The van der Waals surface area contributed by atoms with Crippen molar-refractivity contribution in [3.05, 3.63) is 11.9 Å². The maximum Gasteiger partial charge on any atom is 0.158 e. The molecular formula is C11H21N5OS. The van der Waals surface area contributed by atoms with Gasteiger partial charge in [0.1, 0.15) is 18.2 Å². The Morgan fingerprint density at radius 3 is 2.78 bits per heavy atom. The monoisotopic (exact) mass is 271 g/mol. The highest BCUT2D eigenvalue weighted by atomic mass is 32.2. The van der Waals surface area contributed by atoms with E-state index in [1.54, 1.807) is 13.2 Å². The number of anilines is 2. The maximum absolute atomic E-state index is 5.37. The summed E-state index contributed by atoms with van der Waals surface area (Å²) < 4.78 is 5.02. The zero-order valence-corrected chi connectivity index (χ0v) is 11.9. The minimum atomic E-state index is 0.366. The molecule has 0 radical (unpaired) electrons. The van der Waals surface area contributed by atoms with Gasteiger partial charge in [-0.2, -0.15) is 11.8 Å². The standard InChI is InChI=1S/C11H21N5OS/c1-8(18-3)4-5-13-9-6-10(16-12)15-11(14-9)7-17-2/h6,8H,4-5,7,12H2,1-3H3,(H2,13,14,15,16). The summed E-state index contributed by atoms with van der Waals surface area (Å²) in [5.41, 5.74) is 2.53. The molecule has 1 atom stereocenters. The van der Waals surface area contributed by atoms with Crippen LogP contribution in [-0.4, -0.2) is 35.1 Å². The van der Waals surface area contributed by atoms with Gasteiger partial charge in [-0.25, -0.2) is 15.8 Å². The normalized spacial score (nSPS) is 12.2. The Hall–Kier alpha value is -1.05. The zero-order valence-electron chi connectivity index (χ0n) is 11.1. The summed E-state index contributed by atoms with van der Waals surface area (Å²) in [4.78, 5) is 8.53. The molecule has 1 rings (SSSR count). The number of hydrazine groups is 1. The third kappa shape index (κ3) is 5.07. The molecule has 18 heavy (non-hydrogen) atoms. The van der Waals surface area contributed by atoms with E-state index in [2.05, 4.69) is 33.9 Å². The number of thioether (sulfide) groups is 1. The Bertz CT molecular complexity index is 363. The van der Waals surface area contributed by atoms with Crippen LogP contribution in [0.1, 0.15) is 19.2 Å². The first-order valence-electron chi connectivity index (χ1n) is 5.79. The number of nitrogen functional groups attached to an aromatic ring is 1. The van der Waals surface area contributed by atoms with E-state index >= 15 is 0 Å². The average molecular weight is 271 g/mol. The van der Waals surface area contributed by atoms with Gasteiger partial charge < -0.3 is 15.5 Å². The van der Waals surface area contributed by atoms with Crippen LogP contribution in [-0.2, 0) is 11.3 Å². The van der Waals surface area contributed by atoms with Gasteiger partial charge in [0.15, 0.2) is 5.82 Å². The summed E-state index contributed by atoms with van der Waals surface area (Å²) in [5, 5.41) is 3.90. The molecule has 1 aromatic rings. The van der Waals surface area contributed by atoms with E-state index in [-0.39, 0.29) is 0 Å². The van der Waals surface area contributed by atoms with Crippen molar-refractivity contribution < 1.29 is 4.74 Å². The van der Waals surface area contributed by atoms with Crippen LogP contribution >= 0.6 is 11.8 Å². The summed E-state index contributed by atoms with van der Waals surface area (Å²) in [6, 6.07) is 1.78. The number of hydrogen-bond donors (Lipinski definition) is 3. The average Bonchev–Trinajstić information content (AvgIpc) is 2.38. The van der Waals surface area contributed by atoms with Crippen molar-refractivity contribution in [3.8, 4) is 0 Å². The third-order valence-electron chi connectivity index (χ3n) is 2.45. The lowest BCUT2D eigenvalue weighted by Gasteiger charge is -2.11. The van der Waals surface area contributed by atoms with E-state index < -0.39 is 0 Å². The van der Waals surface area contributed by atoms with Gasteiger partial charge in [0.2, 0.25) is 0 Å². The lowest BCUT2D eigenvalue weighted by atomic mass is 10.3. The fraction of sp³-hybridized carbons (Fsp3) is 0.636. The van der Waals surface area contributed by atoms with Crippen molar-refractivity contribution in [1.29, 1.82) is 0 Å². The predicted molar refractivity (Wildman–Crippen MR) is 76.6 cm³/mol. The first-order valence-corrected chi connectivity index (χ1v) is 7.08.